The van der Waals surface area contributed by atoms with Crippen molar-refractivity contribution in [2.45, 2.75) is 26.4 Å². The van der Waals surface area contributed by atoms with Crippen LogP contribution in [0.3, 0.4) is 0 Å². The molecule has 2 aliphatic rings. The normalized spacial score (nSPS) is 17.5. The van der Waals surface area contributed by atoms with Gasteiger partial charge in [-0.2, -0.15) is 0 Å². The SMILES string of the molecule is C=N/C(=N\C=C(/C)OCc1c(F)c(OC)cc(OC)c1F)NC1=CC=C(N2CCCC2)PC1. The van der Waals surface area contributed by atoms with Crippen LogP contribution in [0.1, 0.15) is 25.3 Å². The summed E-state index contributed by atoms with van der Waals surface area (Å²) in [4.78, 5) is 10.6. The number of nitrogens with zero attached hydrogens (tertiary/aromatic N) is 3. The number of halogens is 2. The number of likely N-dealkylation sites (tertiary alicyclic amines) is 1. The lowest BCUT2D eigenvalue weighted by Gasteiger charge is -2.24. The van der Waals surface area contributed by atoms with E-state index < -0.39 is 11.6 Å². The number of hydrogen-bond donors (Lipinski definition) is 1. The molecule has 10 heteroatoms. The van der Waals surface area contributed by atoms with Gasteiger partial charge in [-0.3, -0.25) is 0 Å². The average Bonchev–Trinajstić information content (AvgIpc) is 3.37. The van der Waals surface area contributed by atoms with Gasteiger partial charge in [0.1, 0.15) is 12.4 Å². The molecule has 0 aliphatic carbocycles. The van der Waals surface area contributed by atoms with Crippen molar-refractivity contribution in [3.63, 3.8) is 0 Å². The molecular formula is C23H29F2N4O3P. The van der Waals surface area contributed by atoms with Crippen LogP contribution in [0.15, 0.2) is 51.3 Å². The standard InChI is InChI=1S/C23H29F2N4O3P/c1-15(32-13-17-21(24)18(30-3)11-19(31-4)22(17)25)12-27-23(26-2)28-16-7-8-20(33-14-16)29-9-5-6-10-29/h7-8,11-12,33H,2,5-6,9-10,13-14H2,1,3-4H3,(H,27,28)/b15-12+. The Morgan fingerprint density at radius 1 is 1.18 bits per heavy atom. The fraction of sp³-hybridized carbons (Fsp3) is 0.391. The molecule has 1 atom stereocenters. The van der Waals surface area contributed by atoms with Crippen LogP contribution in [-0.2, 0) is 11.3 Å². The summed E-state index contributed by atoms with van der Waals surface area (Å²) in [6.07, 6.45) is 9.00. The second-order valence-corrected chi connectivity index (χ2v) is 8.66. The molecule has 2 aliphatic heterocycles. The van der Waals surface area contributed by atoms with E-state index >= 15 is 0 Å². The number of ether oxygens (including phenoxy) is 3. The first-order valence-electron chi connectivity index (χ1n) is 10.6. The van der Waals surface area contributed by atoms with Crippen molar-refractivity contribution in [3.8, 4) is 11.5 Å². The van der Waals surface area contributed by atoms with Crippen LogP contribution in [0.4, 0.5) is 8.78 Å². The molecule has 0 saturated carbocycles. The number of hydrogen-bond acceptors (Lipinski definition) is 5. The third-order valence-corrected chi connectivity index (χ3v) is 6.65. The molecule has 1 unspecified atom stereocenters. The van der Waals surface area contributed by atoms with Gasteiger partial charge in [0.05, 0.1) is 26.0 Å². The number of methoxy groups -OCH3 is 2. The Kier molecular flexibility index (Phi) is 8.83. The van der Waals surface area contributed by atoms with E-state index in [2.05, 4.69) is 33.0 Å². The summed E-state index contributed by atoms with van der Waals surface area (Å²) in [6, 6.07) is 1.15. The lowest BCUT2D eigenvalue weighted by atomic mass is 10.1. The zero-order valence-electron chi connectivity index (χ0n) is 19.1. The average molecular weight is 478 g/mol. The number of rotatable bonds is 8. The van der Waals surface area contributed by atoms with Gasteiger partial charge in [0.15, 0.2) is 23.1 Å². The molecule has 1 N–H and O–H groups in total. The van der Waals surface area contributed by atoms with Gasteiger partial charge >= 0.3 is 0 Å². The fourth-order valence-corrected chi connectivity index (χ4v) is 4.67. The van der Waals surface area contributed by atoms with Crippen LogP contribution in [0.5, 0.6) is 11.5 Å². The third kappa shape index (κ3) is 6.32. The molecule has 1 saturated heterocycles. The minimum atomic E-state index is -0.839. The maximum absolute atomic E-state index is 14.5. The van der Waals surface area contributed by atoms with Crippen molar-refractivity contribution in [1.29, 1.82) is 0 Å². The summed E-state index contributed by atoms with van der Waals surface area (Å²) >= 11 is 0. The van der Waals surface area contributed by atoms with Gasteiger partial charge in [-0.15, -0.1) is 0 Å². The molecule has 7 nitrogen and oxygen atoms in total. The van der Waals surface area contributed by atoms with Crippen LogP contribution >= 0.6 is 8.58 Å². The second kappa shape index (κ2) is 11.8. The lowest BCUT2D eigenvalue weighted by molar-refractivity contribution is 0.189. The van der Waals surface area contributed by atoms with Gasteiger partial charge in [0.2, 0.25) is 5.96 Å². The molecule has 3 rings (SSSR count). The summed E-state index contributed by atoms with van der Waals surface area (Å²) in [7, 11) is 3.28. The zero-order chi connectivity index (χ0) is 23.8. The number of guanidine groups is 1. The summed E-state index contributed by atoms with van der Waals surface area (Å²) in [5.41, 5.74) is 2.10. The number of benzene rings is 1. The smallest absolute Gasteiger partial charge is 0.226 e. The second-order valence-electron chi connectivity index (χ2n) is 7.44. The van der Waals surface area contributed by atoms with E-state index in [1.807, 2.05) is 6.08 Å². The van der Waals surface area contributed by atoms with E-state index in [1.54, 1.807) is 6.92 Å². The predicted molar refractivity (Wildman–Crippen MR) is 128 cm³/mol. The Bertz CT molecular complexity index is 974. The maximum Gasteiger partial charge on any atom is 0.226 e. The minimum absolute atomic E-state index is 0.128. The molecule has 0 spiro atoms. The van der Waals surface area contributed by atoms with E-state index in [0.29, 0.717) is 20.3 Å². The van der Waals surface area contributed by atoms with Gasteiger partial charge in [0, 0.05) is 36.5 Å². The van der Waals surface area contributed by atoms with Crippen molar-refractivity contribution < 1.29 is 23.0 Å². The Morgan fingerprint density at radius 2 is 1.85 bits per heavy atom. The number of nitrogens with one attached hydrogen (secondary N) is 1. The van der Waals surface area contributed by atoms with E-state index in [9.17, 15) is 8.78 Å². The predicted octanol–water partition coefficient (Wildman–Crippen LogP) is 4.52. The third-order valence-electron chi connectivity index (χ3n) is 5.25. The molecule has 178 valence electrons. The quantitative estimate of drug-likeness (QED) is 0.258. The topological polar surface area (TPSA) is 67.7 Å². The molecule has 1 fully saturated rings. The first-order chi connectivity index (χ1) is 16.0. The first kappa shape index (κ1) is 24.7. The van der Waals surface area contributed by atoms with E-state index in [-0.39, 0.29) is 23.7 Å². The highest BCUT2D eigenvalue weighted by molar-refractivity contribution is 7.43. The number of aliphatic imine (C=N–C) groups is 2. The monoisotopic (exact) mass is 478 g/mol. The van der Waals surface area contributed by atoms with Gasteiger partial charge in [-0.05, 0) is 38.6 Å². The van der Waals surface area contributed by atoms with Crippen LogP contribution < -0.4 is 14.8 Å². The molecule has 1 aromatic rings. The van der Waals surface area contributed by atoms with Crippen molar-refractivity contribution in [1.82, 2.24) is 10.2 Å². The van der Waals surface area contributed by atoms with Gasteiger partial charge in [-0.25, -0.2) is 18.8 Å². The van der Waals surface area contributed by atoms with Crippen LogP contribution in [0.2, 0.25) is 0 Å². The van der Waals surface area contributed by atoms with E-state index in [0.717, 1.165) is 31.0 Å². The molecule has 0 radical (unpaired) electrons. The highest BCUT2D eigenvalue weighted by atomic mass is 31.1. The summed E-state index contributed by atoms with van der Waals surface area (Å²) < 4.78 is 44.3. The summed E-state index contributed by atoms with van der Waals surface area (Å²) in [5.74, 6) is -1.28. The number of allylic oxidation sites excluding steroid dienone is 4. The van der Waals surface area contributed by atoms with Crippen molar-refractivity contribution in [2.24, 2.45) is 9.98 Å². The summed E-state index contributed by atoms with van der Waals surface area (Å²) in [6.45, 7) is 7.09. The molecule has 1 aromatic carbocycles. The molecule has 0 amide bonds. The van der Waals surface area contributed by atoms with Gasteiger partial charge in [0.25, 0.3) is 0 Å². The molecule has 0 bridgehead atoms. The van der Waals surface area contributed by atoms with Gasteiger partial charge in [-0.1, -0.05) is 8.58 Å². The van der Waals surface area contributed by atoms with E-state index in [1.165, 1.54) is 38.7 Å². The molecular weight excluding hydrogens is 449 g/mol. The zero-order valence-corrected chi connectivity index (χ0v) is 20.1. The Labute approximate surface area is 194 Å². The van der Waals surface area contributed by atoms with Crippen LogP contribution in [-0.4, -0.2) is 51.0 Å². The van der Waals surface area contributed by atoms with Crippen molar-refractivity contribution >= 4 is 21.3 Å². The van der Waals surface area contributed by atoms with Gasteiger partial charge < -0.3 is 24.4 Å². The Hall–Kier alpha value is -2.93. The minimum Gasteiger partial charge on any atom is -0.494 e. The fourth-order valence-electron chi connectivity index (χ4n) is 3.44. The van der Waals surface area contributed by atoms with Crippen LogP contribution in [0.25, 0.3) is 0 Å². The largest absolute Gasteiger partial charge is 0.494 e. The van der Waals surface area contributed by atoms with Crippen LogP contribution in [0, 0.1) is 11.6 Å². The molecule has 2 heterocycles. The lowest BCUT2D eigenvalue weighted by Crippen LogP contribution is -2.24. The van der Waals surface area contributed by atoms with Crippen molar-refractivity contribution in [2.75, 3.05) is 33.5 Å². The van der Waals surface area contributed by atoms with E-state index in [4.69, 9.17) is 14.2 Å². The maximum atomic E-state index is 14.5. The molecule has 0 aromatic heterocycles. The highest BCUT2D eigenvalue weighted by Gasteiger charge is 2.20. The Morgan fingerprint density at radius 3 is 2.39 bits per heavy atom. The molecule has 33 heavy (non-hydrogen) atoms. The first-order valence-corrected chi connectivity index (χ1v) is 11.8. The highest BCUT2D eigenvalue weighted by Crippen LogP contribution is 2.34. The van der Waals surface area contributed by atoms with Crippen molar-refractivity contribution in [3.05, 3.63) is 58.5 Å². The summed E-state index contributed by atoms with van der Waals surface area (Å²) in [5, 5.41) is 3.17. The Balaban J connectivity index is 1.63.